The molecule has 0 saturated carbocycles. The van der Waals surface area contributed by atoms with Gasteiger partial charge in [-0.2, -0.15) is 0 Å². The Morgan fingerprint density at radius 3 is 2.35 bits per heavy atom. The monoisotopic (exact) mass is 300 g/mol. The van der Waals surface area contributed by atoms with Crippen molar-refractivity contribution in [1.29, 1.82) is 0 Å². The summed E-state index contributed by atoms with van der Waals surface area (Å²) in [4.78, 5) is 11.9. The maximum atomic E-state index is 11.9. The van der Waals surface area contributed by atoms with Crippen LogP contribution >= 0.6 is 12.4 Å². The number of anilines is 1. The lowest BCUT2D eigenvalue weighted by atomic mass is 10.1. The molecule has 0 aliphatic rings. The van der Waals surface area contributed by atoms with Crippen molar-refractivity contribution in [3.63, 3.8) is 0 Å². The third-order valence-corrected chi connectivity index (χ3v) is 2.89. The van der Waals surface area contributed by atoms with Crippen molar-refractivity contribution in [2.75, 3.05) is 11.9 Å². The minimum Gasteiger partial charge on any atom is -0.369 e. The van der Waals surface area contributed by atoms with E-state index in [-0.39, 0.29) is 18.3 Å². The highest BCUT2D eigenvalue weighted by Gasteiger charge is 2.13. The van der Waals surface area contributed by atoms with Crippen LogP contribution < -0.4 is 11.1 Å². The third-order valence-electron chi connectivity index (χ3n) is 2.89. The standard InChI is InChI=1S/C15H24N2O2.ClH/c1-11(2)8-9-19-12(3)15(18)17-14-6-4-13(10-16)5-7-14;/h4-7,11-12H,8-10,16H2,1-3H3,(H,17,18);1H. The summed E-state index contributed by atoms with van der Waals surface area (Å²) in [5, 5.41) is 2.83. The third kappa shape index (κ3) is 6.89. The Kier molecular flexibility index (Phi) is 9.21. The molecule has 0 aliphatic heterocycles. The highest BCUT2D eigenvalue weighted by atomic mass is 35.5. The molecular weight excluding hydrogens is 276 g/mol. The van der Waals surface area contributed by atoms with E-state index in [4.69, 9.17) is 10.5 Å². The first-order valence-corrected chi connectivity index (χ1v) is 6.74. The van der Waals surface area contributed by atoms with Crippen LogP contribution in [0.3, 0.4) is 0 Å². The molecule has 0 aliphatic carbocycles. The molecule has 4 nitrogen and oxygen atoms in total. The number of nitrogens with two attached hydrogens (primary N) is 1. The van der Waals surface area contributed by atoms with E-state index in [1.54, 1.807) is 6.92 Å². The van der Waals surface area contributed by atoms with Crippen molar-refractivity contribution >= 4 is 24.0 Å². The lowest BCUT2D eigenvalue weighted by Gasteiger charge is -2.14. The summed E-state index contributed by atoms with van der Waals surface area (Å²) < 4.78 is 5.50. The lowest BCUT2D eigenvalue weighted by molar-refractivity contribution is -0.126. The molecule has 1 atom stereocenters. The smallest absolute Gasteiger partial charge is 0.253 e. The van der Waals surface area contributed by atoms with Crippen LogP contribution in [-0.4, -0.2) is 18.6 Å². The Bertz CT molecular complexity index is 393. The Morgan fingerprint density at radius 1 is 1.25 bits per heavy atom. The van der Waals surface area contributed by atoms with E-state index >= 15 is 0 Å². The predicted molar refractivity (Wildman–Crippen MR) is 85.1 cm³/mol. The average Bonchev–Trinajstić information content (AvgIpc) is 2.39. The summed E-state index contributed by atoms with van der Waals surface area (Å²) in [6.07, 6.45) is 0.524. The molecular formula is C15H25ClN2O2. The number of benzene rings is 1. The highest BCUT2D eigenvalue weighted by Crippen LogP contribution is 2.10. The van der Waals surface area contributed by atoms with Gasteiger partial charge in [-0.15, -0.1) is 12.4 Å². The number of ether oxygens (including phenoxy) is 1. The highest BCUT2D eigenvalue weighted by molar-refractivity contribution is 5.93. The number of halogens is 1. The van der Waals surface area contributed by atoms with Crippen LogP contribution in [0.4, 0.5) is 5.69 Å². The van der Waals surface area contributed by atoms with Crippen LogP contribution in [0, 0.1) is 5.92 Å². The Hall–Kier alpha value is -1.10. The maximum Gasteiger partial charge on any atom is 0.253 e. The minimum atomic E-state index is -0.437. The van der Waals surface area contributed by atoms with E-state index in [2.05, 4.69) is 19.2 Å². The molecule has 3 N–H and O–H groups in total. The fourth-order valence-corrected chi connectivity index (χ4v) is 1.52. The fraction of sp³-hybridized carbons (Fsp3) is 0.533. The summed E-state index contributed by atoms with van der Waals surface area (Å²) in [6.45, 7) is 7.14. The molecule has 0 saturated heterocycles. The zero-order chi connectivity index (χ0) is 14.3. The van der Waals surface area contributed by atoms with Gasteiger partial charge in [-0.05, 0) is 37.0 Å². The van der Waals surface area contributed by atoms with Gasteiger partial charge in [0.25, 0.3) is 5.91 Å². The number of rotatable bonds is 7. The van der Waals surface area contributed by atoms with E-state index < -0.39 is 6.10 Å². The van der Waals surface area contributed by atoms with E-state index in [1.807, 2.05) is 24.3 Å². The van der Waals surface area contributed by atoms with Gasteiger partial charge in [-0.3, -0.25) is 4.79 Å². The van der Waals surface area contributed by atoms with E-state index in [0.29, 0.717) is 19.1 Å². The van der Waals surface area contributed by atoms with E-state index in [1.165, 1.54) is 0 Å². The molecule has 0 spiro atoms. The molecule has 1 amide bonds. The average molecular weight is 301 g/mol. The molecule has 1 rings (SSSR count). The van der Waals surface area contributed by atoms with Crippen LogP contribution in [-0.2, 0) is 16.1 Å². The van der Waals surface area contributed by atoms with Crippen LogP contribution in [0.1, 0.15) is 32.8 Å². The van der Waals surface area contributed by atoms with Gasteiger partial charge in [0.15, 0.2) is 0 Å². The van der Waals surface area contributed by atoms with Crippen molar-refractivity contribution in [2.45, 2.75) is 39.8 Å². The molecule has 20 heavy (non-hydrogen) atoms. The van der Waals surface area contributed by atoms with Crippen LogP contribution in [0.5, 0.6) is 0 Å². The molecule has 114 valence electrons. The van der Waals surface area contributed by atoms with Gasteiger partial charge < -0.3 is 15.8 Å². The number of carbonyl (C=O) groups excluding carboxylic acids is 1. The predicted octanol–water partition coefficient (Wildman–Crippen LogP) is 2.96. The summed E-state index contributed by atoms with van der Waals surface area (Å²) in [6, 6.07) is 7.50. The maximum absolute atomic E-state index is 11.9. The van der Waals surface area contributed by atoms with Crippen LogP contribution in [0.25, 0.3) is 0 Å². The van der Waals surface area contributed by atoms with Gasteiger partial charge in [0.05, 0.1) is 0 Å². The SMILES string of the molecule is CC(C)CCOC(C)C(=O)Nc1ccc(CN)cc1.Cl. The largest absolute Gasteiger partial charge is 0.369 e. The van der Waals surface area contributed by atoms with Gasteiger partial charge >= 0.3 is 0 Å². The lowest BCUT2D eigenvalue weighted by Crippen LogP contribution is -2.28. The molecule has 0 fully saturated rings. The van der Waals surface area contributed by atoms with Gasteiger partial charge in [0, 0.05) is 18.8 Å². The minimum absolute atomic E-state index is 0. The quantitative estimate of drug-likeness (QED) is 0.813. The summed E-state index contributed by atoms with van der Waals surface area (Å²) in [7, 11) is 0. The topological polar surface area (TPSA) is 64.3 Å². The van der Waals surface area contributed by atoms with E-state index in [0.717, 1.165) is 17.7 Å². The van der Waals surface area contributed by atoms with Gasteiger partial charge in [-0.1, -0.05) is 26.0 Å². The Morgan fingerprint density at radius 2 is 1.85 bits per heavy atom. The summed E-state index contributed by atoms with van der Waals surface area (Å²) in [5.74, 6) is 0.461. The number of amides is 1. The van der Waals surface area contributed by atoms with Crippen molar-refractivity contribution in [1.82, 2.24) is 0 Å². The van der Waals surface area contributed by atoms with Crippen LogP contribution in [0.15, 0.2) is 24.3 Å². The van der Waals surface area contributed by atoms with Crippen molar-refractivity contribution in [3.8, 4) is 0 Å². The summed E-state index contributed by atoms with van der Waals surface area (Å²) >= 11 is 0. The van der Waals surface area contributed by atoms with Crippen molar-refractivity contribution in [3.05, 3.63) is 29.8 Å². The molecule has 1 unspecified atom stereocenters. The van der Waals surface area contributed by atoms with E-state index in [9.17, 15) is 4.79 Å². The van der Waals surface area contributed by atoms with Crippen LogP contribution in [0.2, 0.25) is 0 Å². The second-order valence-electron chi connectivity index (χ2n) is 5.09. The molecule has 0 bridgehead atoms. The van der Waals surface area contributed by atoms with Crippen molar-refractivity contribution in [2.24, 2.45) is 11.7 Å². The molecule has 5 heteroatoms. The summed E-state index contributed by atoms with van der Waals surface area (Å²) in [5.41, 5.74) is 7.33. The number of nitrogens with one attached hydrogen (secondary N) is 1. The molecule has 0 aromatic heterocycles. The Balaban J connectivity index is 0.00000361. The zero-order valence-corrected chi connectivity index (χ0v) is 13.2. The number of hydrogen-bond acceptors (Lipinski definition) is 3. The second kappa shape index (κ2) is 9.75. The molecule has 0 radical (unpaired) electrons. The Labute approximate surface area is 127 Å². The first-order chi connectivity index (χ1) is 9.02. The normalized spacial score (nSPS) is 11.8. The first kappa shape index (κ1) is 18.9. The second-order valence-corrected chi connectivity index (χ2v) is 5.09. The van der Waals surface area contributed by atoms with Gasteiger partial charge in [0.1, 0.15) is 6.10 Å². The molecule has 0 heterocycles. The molecule has 1 aromatic rings. The number of carbonyl (C=O) groups is 1. The van der Waals surface area contributed by atoms with Gasteiger partial charge in [0.2, 0.25) is 0 Å². The first-order valence-electron chi connectivity index (χ1n) is 6.74. The van der Waals surface area contributed by atoms with Crippen molar-refractivity contribution < 1.29 is 9.53 Å². The van der Waals surface area contributed by atoms with Gasteiger partial charge in [-0.25, -0.2) is 0 Å². The molecule has 1 aromatic carbocycles. The fourth-order valence-electron chi connectivity index (χ4n) is 1.52. The number of hydrogen-bond donors (Lipinski definition) is 2. The zero-order valence-electron chi connectivity index (χ0n) is 12.4.